The van der Waals surface area contributed by atoms with Crippen molar-refractivity contribution in [2.75, 3.05) is 45.8 Å². The Morgan fingerprint density at radius 1 is 0.906 bits per heavy atom. The van der Waals surface area contributed by atoms with Crippen LogP contribution in [0.15, 0.2) is 54.7 Å². The van der Waals surface area contributed by atoms with E-state index in [-0.39, 0.29) is 5.78 Å². The van der Waals surface area contributed by atoms with E-state index in [1.807, 2.05) is 18.2 Å². The number of rotatable bonds is 8. The molecule has 0 saturated carbocycles. The molecule has 2 fully saturated rings. The Bertz CT molecular complexity index is 838. The van der Waals surface area contributed by atoms with Gasteiger partial charge in [0.05, 0.1) is 5.54 Å². The monoisotopic (exact) mass is 434 g/mol. The van der Waals surface area contributed by atoms with Crippen LogP contribution in [0.2, 0.25) is 0 Å². The van der Waals surface area contributed by atoms with E-state index in [1.165, 1.54) is 12.0 Å². The Morgan fingerprint density at radius 2 is 1.59 bits per heavy atom. The number of Topliss-reactive ketones (excluding diaryl/α,β-unsaturated/α-hetero) is 1. The second-order valence-corrected chi connectivity index (χ2v) is 9.85. The second-order valence-electron chi connectivity index (χ2n) is 9.85. The first-order valence-corrected chi connectivity index (χ1v) is 12.3. The molecular formula is C27H38N4O. The quantitative estimate of drug-likeness (QED) is 0.588. The maximum atomic E-state index is 13.8. The van der Waals surface area contributed by atoms with Gasteiger partial charge in [0, 0.05) is 52.0 Å². The number of pyridine rings is 1. The third-order valence-electron chi connectivity index (χ3n) is 7.25. The van der Waals surface area contributed by atoms with Gasteiger partial charge >= 0.3 is 0 Å². The van der Waals surface area contributed by atoms with Gasteiger partial charge in [0.2, 0.25) is 5.78 Å². The highest BCUT2D eigenvalue weighted by Gasteiger charge is 2.47. The lowest BCUT2D eigenvalue weighted by molar-refractivity contribution is -0.00356. The predicted molar refractivity (Wildman–Crippen MR) is 130 cm³/mol. The third kappa shape index (κ3) is 5.45. The topological polar surface area (TPSA) is 39.7 Å². The predicted octanol–water partition coefficient (Wildman–Crippen LogP) is 3.96. The number of benzene rings is 1. The number of aromatic nitrogens is 1. The molecule has 0 bridgehead atoms. The fraction of sp³-hybridized carbons (Fsp3) is 0.556. The van der Waals surface area contributed by atoms with Gasteiger partial charge in [-0.25, -0.2) is 0 Å². The highest BCUT2D eigenvalue weighted by Crippen LogP contribution is 2.34. The van der Waals surface area contributed by atoms with Crippen molar-refractivity contribution in [1.29, 1.82) is 0 Å². The molecule has 0 amide bonds. The van der Waals surface area contributed by atoms with Crippen molar-refractivity contribution < 1.29 is 4.79 Å². The molecule has 1 aromatic heterocycles. The summed E-state index contributed by atoms with van der Waals surface area (Å²) >= 11 is 0. The van der Waals surface area contributed by atoms with E-state index in [0.29, 0.717) is 5.69 Å². The average Bonchev–Trinajstić information content (AvgIpc) is 2.84. The van der Waals surface area contributed by atoms with E-state index in [4.69, 9.17) is 0 Å². The lowest BCUT2D eigenvalue weighted by atomic mass is 9.79. The lowest BCUT2D eigenvalue weighted by Crippen LogP contribution is -2.64. The molecule has 3 heterocycles. The van der Waals surface area contributed by atoms with E-state index in [2.05, 4.69) is 63.9 Å². The molecule has 0 atom stereocenters. The zero-order valence-electron chi connectivity index (χ0n) is 19.7. The number of likely N-dealkylation sites (tertiary alicyclic amines) is 1. The smallest absolute Gasteiger partial charge is 0.201 e. The minimum atomic E-state index is -0.425. The largest absolute Gasteiger partial charge is 0.301 e. The van der Waals surface area contributed by atoms with Crippen molar-refractivity contribution in [3.8, 4) is 0 Å². The molecule has 5 nitrogen and oxygen atoms in total. The average molecular weight is 435 g/mol. The van der Waals surface area contributed by atoms with Gasteiger partial charge in [0.1, 0.15) is 5.69 Å². The number of nitrogens with zero attached hydrogens (tertiary/aromatic N) is 4. The fourth-order valence-corrected chi connectivity index (χ4v) is 5.19. The van der Waals surface area contributed by atoms with Crippen LogP contribution < -0.4 is 0 Å². The highest BCUT2D eigenvalue weighted by molar-refractivity contribution is 6.01. The standard InChI is InChI=1S/C27H38N4O/c1-23(2)11-15-29-18-20-31(21-19-29)27(26(32)25-10-6-7-14-28-25)12-16-30(17-13-27)22-24-8-4-3-5-9-24/h3-10,14,23H,11-13,15-22H2,1-2H3. The van der Waals surface area contributed by atoms with Crippen molar-refractivity contribution in [2.24, 2.45) is 5.92 Å². The Balaban J connectivity index is 1.46. The lowest BCUT2D eigenvalue weighted by Gasteiger charge is -2.50. The van der Waals surface area contributed by atoms with Crippen LogP contribution >= 0.6 is 0 Å². The van der Waals surface area contributed by atoms with Gasteiger partial charge in [-0.1, -0.05) is 50.2 Å². The molecule has 0 spiro atoms. The molecule has 2 aliphatic heterocycles. The molecule has 0 N–H and O–H groups in total. The molecule has 0 unspecified atom stereocenters. The van der Waals surface area contributed by atoms with Gasteiger partial charge in [-0.3, -0.25) is 19.6 Å². The molecule has 2 saturated heterocycles. The first kappa shape index (κ1) is 23.1. The maximum Gasteiger partial charge on any atom is 0.201 e. The summed E-state index contributed by atoms with van der Waals surface area (Å²) in [5.41, 5.74) is 1.53. The number of piperidine rings is 1. The number of hydrogen-bond donors (Lipinski definition) is 0. The molecule has 1 aromatic carbocycles. The van der Waals surface area contributed by atoms with Crippen LogP contribution in [-0.4, -0.2) is 76.8 Å². The van der Waals surface area contributed by atoms with Crippen LogP contribution in [0.3, 0.4) is 0 Å². The summed E-state index contributed by atoms with van der Waals surface area (Å²) in [7, 11) is 0. The minimum Gasteiger partial charge on any atom is -0.301 e. The summed E-state index contributed by atoms with van der Waals surface area (Å²) in [6.07, 6.45) is 4.74. The molecule has 0 aliphatic carbocycles. The van der Waals surface area contributed by atoms with Gasteiger partial charge in [-0.15, -0.1) is 0 Å². The summed E-state index contributed by atoms with van der Waals surface area (Å²) in [5, 5.41) is 0. The molecule has 172 valence electrons. The van der Waals surface area contributed by atoms with Crippen LogP contribution in [0.4, 0.5) is 0 Å². The van der Waals surface area contributed by atoms with Crippen molar-refractivity contribution in [1.82, 2.24) is 19.7 Å². The van der Waals surface area contributed by atoms with Crippen LogP contribution in [0.1, 0.15) is 49.2 Å². The zero-order valence-corrected chi connectivity index (χ0v) is 19.7. The van der Waals surface area contributed by atoms with Gasteiger partial charge in [0.15, 0.2) is 0 Å². The summed E-state index contributed by atoms with van der Waals surface area (Å²) < 4.78 is 0. The Hall–Kier alpha value is -2.08. The molecule has 5 heteroatoms. The van der Waals surface area contributed by atoms with Crippen molar-refractivity contribution >= 4 is 5.78 Å². The van der Waals surface area contributed by atoms with Gasteiger partial charge in [-0.2, -0.15) is 0 Å². The first-order chi connectivity index (χ1) is 15.6. The normalized spacial score (nSPS) is 20.5. The number of carbonyl (C=O) groups is 1. The maximum absolute atomic E-state index is 13.8. The van der Waals surface area contributed by atoms with Gasteiger partial charge < -0.3 is 4.90 Å². The number of hydrogen-bond acceptors (Lipinski definition) is 5. The second kappa shape index (κ2) is 10.7. The number of ketones is 1. The van der Waals surface area contributed by atoms with E-state index < -0.39 is 5.54 Å². The van der Waals surface area contributed by atoms with Crippen LogP contribution in [-0.2, 0) is 6.54 Å². The summed E-state index contributed by atoms with van der Waals surface area (Å²) in [5.74, 6) is 0.951. The fourth-order valence-electron chi connectivity index (χ4n) is 5.19. The molecule has 2 aliphatic rings. The van der Waals surface area contributed by atoms with E-state index in [9.17, 15) is 4.79 Å². The third-order valence-corrected chi connectivity index (χ3v) is 7.25. The Kier molecular flexibility index (Phi) is 7.71. The van der Waals surface area contributed by atoms with Crippen molar-refractivity contribution in [3.63, 3.8) is 0 Å². The van der Waals surface area contributed by atoms with Gasteiger partial charge in [-0.05, 0) is 49.4 Å². The SMILES string of the molecule is CC(C)CCN1CCN(C2(C(=O)c3ccccn3)CCN(Cc3ccccc3)CC2)CC1. The molecule has 0 radical (unpaired) electrons. The Labute approximate surface area is 193 Å². The van der Waals surface area contributed by atoms with Crippen molar-refractivity contribution in [2.45, 2.75) is 45.2 Å². The first-order valence-electron chi connectivity index (χ1n) is 12.3. The highest BCUT2D eigenvalue weighted by atomic mass is 16.1. The summed E-state index contributed by atoms with van der Waals surface area (Å²) in [4.78, 5) is 25.9. The number of carbonyl (C=O) groups excluding carboxylic acids is 1. The summed E-state index contributed by atoms with van der Waals surface area (Å²) in [6, 6.07) is 16.4. The van der Waals surface area contributed by atoms with E-state index >= 15 is 0 Å². The molecule has 32 heavy (non-hydrogen) atoms. The minimum absolute atomic E-state index is 0.216. The Morgan fingerprint density at radius 3 is 2.22 bits per heavy atom. The van der Waals surface area contributed by atoms with Gasteiger partial charge in [0.25, 0.3) is 0 Å². The van der Waals surface area contributed by atoms with Crippen LogP contribution in [0.25, 0.3) is 0 Å². The van der Waals surface area contributed by atoms with Crippen LogP contribution in [0.5, 0.6) is 0 Å². The van der Waals surface area contributed by atoms with Crippen molar-refractivity contribution in [3.05, 3.63) is 66.0 Å². The van der Waals surface area contributed by atoms with E-state index in [0.717, 1.165) is 71.1 Å². The molecule has 4 rings (SSSR count). The molecular weight excluding hydrogens is 396 g/mol. The van der Waals surface area contributed by atoms with E-state index in [1.54, 1.807) is 6.20 Å². The molecule has 2 aromatic rings. The number of piperazine rings is 1. The van der Waals surface area contributed by atoms with Crippen LogP contribution in [0, 0.1) is 5.92 Å². The summed E-state index contributed by atoms with van der Waals surface area (Å²) in [6.45, 7) is 12.6. The zero-order chi connectivity index (χ0) is 22.4.